The Balaban J connectivity index is 2.24. The molecule has 0 fully saturated rings. The van der Waals surface area contributed by atoms with E-state index in [1.54, 1.807) is 5.57 Å². The predicted molar refractivity (Wildman–Crippen MR) is 52.3 cm³/mol. The zero-order valence-electron chi connectivity index (χ0n) is 8.31. The van der Waals surface area contributed by atoms with E-state index in [-0.39, 0.29) is 0 Å². The minimum absolute atomic E-state index is 0.416. The van der Waals surface area contributed by atoms with Crippen molar-refractivity contribution in [2.24, 2.45) is 0 Å². The molecule has 0 radical (unpaired) electrons. The van der Waals surface area contributed by atoms with Crippen molar-refractivity contribution in [1.82, 2.24) is 0 Å². The summed E-state index contributed by atoms with van der Waals surface area (Å²) in [5.74, 6) is 0. The van der Waals surface area contributed by atoms with Gasteiger partial charge in [0.05, 0.1) is 6.10 Å². The fraction of sp³-hybridized carbons (Fsp3) is 0.818. The highest BCUT2D eigenvalue weighted by Gasteiger charge is 2.07. The number of hydrogen-bond acceptors (Lipinski definition) is 1. The van der Waals surface area contributed by atoms with Crippen molar-refractivity contribution in [1.29, 1.82) is 0 Å². The molecule has 1 nitrogen and oxygen atoms in total. The van der Waals surface area contributed by atoms with E-state index >= 15 is 0 Å². The predicted octanol–water partition coefficient (Wildman–Crippen LogP) is 3.30. The molecule has 0 aliphatic heterocycles. The zero-order chi connectivity index (χ0) is 8.81. The molecular formula is C11H20O. The first-order chi connectivity index (χ1) is 5.83. The summed E-state index contributed by atoms with van der Waals surface area (Å²) < 4.78 is 5.50. The normalized spacial score (nSPS) is 20.3. The largest absolute Gasteiger partial charge is 0.378 e. The molecule has 1 rings (SSSR count). The molecule has 0 bridgehead atoms. The Labute approximate surface area is 75.8 Å². The quantitative estimate of drug-likeness (QED) is 0.585. The van der Waals surface area contributed by atoms with Crippen molar-refractivity contribution >= 4 is 0 Å². The van der Waals surface area contributed by atoms with Crippen LogP contribution in [0.4, 0.5) is 0 Å². The van der Waals surface area contributed by atoms with Crippen molar-refractivity contribution in [3.8, 4) is 0 Å². The first-order valence-corrected chi connectivity index (χ1v) is 5.12. The van der Waals surface area contributed by atoms with Gasteiger partial charge in [0.25, 0.3) is 0 Å². The fourth-order valence-electron chi connectivity index (χ4n) is 1.80. The monoisotopic (exact) mass is 168 g/mol. The maximum absolute atomic E-state index is 5.50. The maximum atomic E-state index is 5.50. The van der Waals surface area contributed by atoms with Crippen LogP contribution in [-0.4, -0.2) is 12.7 Å². The second-order valence-electron chi connectivity index (χ2n) is 3.58. The van der Waals surface area contributed by atoms with Gasteiger partial charge in [-0.3, -0.25) is 0 Å². The molecule has 0 saturated heterocycles. The van der Waals surface area contributed by atoms with Crippen LogP contribution in [0.15, 0.2) is 11.6 Å². The Morgan fingerprint density at radius 3 is 2.92 bits per heavy atom. The number of allylic oxidation sites excluding steroid dienone is 1. The molecule has 1 heteroatoms. The highest BCUT2D eigenvalue weighted by atomic mass is 16.5. The number of hydrogen-bond donors (Lipinski definition) is 0. The summed E-state index contributed by atoms with van der Waals surface area (Å²) in [6.45, 7) is 5.07. The van der Waals surface area contributed by atoms with E-state index in [9.17, 15) is 0 Å². The lowest BCUT2D eigenvalue weighted by molar-refractivity contribution is 0.0760. The van der Waals surface area contributed by atoms with E-state index in [0.29, 0.717) is 6.10 Å². The molecule has 1 unspecified atom stereocenters. The molecule has 12 heavy (non-hydrogen) atoms. The summed E-state index contributed by atoms with van der Waals surface area (Å²) in [5.41, 5.74) is 1.61. The smallest absolute Gasteiger partial charge is 0.0583 e. The molecule has 70 valence electrons. The Morgan fingerprint density at radius 2 is 2.33 bits per heavy atom. The van der Waals surface area contributed by atoms with Crippen molar-refractivity contribution in [3.63, 3.8) is 0 Å². The van der Waals surface area contributed by atoms with Gasteiger partial charge in [-0.05, 0) is 46.0 Å². The molecule has 1 atom stereocenters. The van der Waals surface area contributed by atoms with Crippen LogP contribution in [0.3, 0.4) is 0 Å². The standard InChI is InChI=1S/C11H20O/c1-3-12-10(2)9-11-7-5-4-6-8-11/h7,10H,3-6,8-9H2,1-2H3. The van der Waals surface area contributed by atoms with Gasteiger partial charge in [-0.1, -0.05) is 11.6 Å². The van der Waals surface area contributed by atoms with Gasteiger partial charge in [0.2, 0.25) is 0 Å². The summed E-state index contributed by atoms with van der Waals surface area (Å²) >= 11 is 0. The average Bonchev–Trinajstić information content (AvgIpc) is 2.06. The molecule has 0 heterocycles. The molecule has 0 aromatic rings. The second kappa shape index (κ2) is 5.36. The third kappa shape index (κ3) is 3.40. The first kappa shape index (κ1) is 9.79. The Bertz CT molecular complexity index is 149. The van der Waals surface area contributed by atoms with Crippen LogP contribution in [0.1, 0.15) is 46.0 Å². The molecule has 1 aliphatic carbocycles. The average molecular weight is 168 g/mol. The van der Waals surface area contributed by atoms with Gasteiger partial charge in [-0.15, -0.1) is 0 Å². The van der Waals surface area contributed by atoms with Gasteiger partial charge in [-0.25, -0.2) is 0 Å². The van der Waals surface area contributed by atoms with Gasteiger partial charge >= 0.3 is 0 Å². The lowest BCUT2D eigenvalue weighted by Crippen LogP contribution is -2.09. The maximum Gasteiger partial charge on any atom is 0.0583 e. The highest BCUT2D eigenvalue weighted by molar-refractivity contribution is 5.05. The SMILES string of the molecule is CCOC(C)CC1=CCCCC1. The summed E-state index contributed by atoms with van der Waals surface area (Å²) in [7, 11) is 0. The van der Waals surface area contributed by atoms with Crippen LogP contribution >= 0.6 is 0 Å². The zero-order valence-corrected chi connectivity index (χ0v) is 8.31. The molecule has 0 amide bonds. The lowest BCUT2D eigenvalue weighted by atomic mass is 9.95. The van der Waals surface area contributed by atoms with E-state index in [1.165, 1.54) is 25.7 Å². The van der Waals surface area contributed by atoms with E-state index in [4.69, 9.17) is 4.74 Å². The van der Waals surface area contributed by atoms with Gasteiger partial charge in [-0.2, -0.15) is 0 Å². The van der Waals surface area contributed by atoms with Crippen molar-refractivity contribution in [2.45, 2.75) is 52.1 Å². The van der Waals surface area contributed by atoms with E-state index in [0.717, 1.165) is 13.0 Å². The van der Waals surface area contributed by atoms with E-state index < -0.39 is 0 Å². The van der Waals surface area contributed by atoms with Crippen LogP contribution in [0.2, 0.25) is 0 Å². The van der Waals surface area contributed by atoms with E-state index in [2.05, 4.69) is 19.9 Å². The summed E-state index contributed by atoms with van der Waals surface area (Å²) in [4.78, 5) is 0. The van der Waals surface area contributed by atoms with Crippen LogP contribution in [0.5, 0.6) is 0 Å². The highest BCUT2D eigenvalue weighted by Crippen LogP contribution is 2.21. The molecule has 1 aliphatic rings. The summed E-state index contributed by atoms with van der Waals surface area (Å²) in [6.07, 6.45) is 9.31. The molecule has 0 aromatic carbocycles. The number of ether oxygens (including phenoxy) is 1. The minimum Gasteiger partial charge on any atom is -0.378 e. The number of rotatable bonds is 4. The third-order valence-corrected chi connectivity index (χ3v) is 2.39. The summed E-state index contributed by atoms with van der Waals surface area (Å²) in [5, 5.41) is 0. The molecule has 0 aromatic heterocycles. The summed E-state index contributed by atoms with van der Waals surface area (Å²) in [6, 6.07) is 0. The molecule has 0 N–H and O–H groups in total. The van der Waals surface area contributed by atoms with Crippen LogP contribution < -0.4 is 0 Å². The van der Waals surface area contributed by atoms with Crippen molar-refractivity contribution in [3.05, 3.63) is 11.6 Å². The van der Waals surface area contributed by atoms with Crippen molar-refractivity contribution < 1.29 is 4.74 Å². The topological polar surface area (TPSA) is 9.23 Å². The van der Waals surface area contributed by atoms with Crippen LogP contribution in [0.25, 0.3) is 0 Å². The van der Waals surface area contributed by atoms with Crippen molar-refractivity contribution in [2.75, 3.05) is 6.61 Å². The Morgan fingerprint density at radius 1 is 1.50 bits per heavy atom. The molecule has 0 spiro atoms. The molecular weight excluding hydrogens is 148 g/mol. The van der Waals surface area contributed by atoms with Gasteiger partial charge in [0.1, 0.15) is 0 Å². The first-order valence-electron chi connectivity index (χ1n) is 5.12. The van der Waals surface area contributed by atoms with E-state index in [1.807, 2.05) is 0 Å². The van der Waals surface area contributed by atoms with Crippen LogP contribution in [-0.2, 0) is 4.74 Å². The van der Waals surface area contributed by atoms with Gasteiger partial charge in [0, 0.05) is 6.61 Å². The van der Waals surface area contributed by atoms with Crippen LogP contribution in [0, 0.1) is 0 Å². The fourth-order valence-corrected chi connectivity index (χ4v) is 1.80. The minimum atomic E-state index is 0.416. The second-order valence-corrected chi connectivity index (χ2v) is 3.58. The van der Waals surface area contributed by atoms with Gasteiger partial charge in [0.15, 0.2) is 0 Å². The van der Waals surface area contributed by atoms with Gasteiger partial charge < -0.3 is 4.74 Å². The lowest BCUT2D eigenvalue weighted by Gasteiger charge is -2.17. The Kier molecular flexibility index (Phi) is 4.37. The third-order valence-electron chi connectivity index (χ3n) is 2.39. The molecule has 0 saturated carbocycles. The Hall–Kier alpha value is -0.300.